The second-order valence-electron chi connectivity index (χ2n) is 12.4. The first-order valence-corrected chi connectivity index (χ1v) is 17.0. The van der Waals surface area contributed by atoms with Gasteiger partial charge < -0.3 is 45.7 Å². The summed E-state index contributed by atoms with van der Waals surface area (Å²) >= 11 is 1.19. The molecule has 0 fully saturated rings. The minimum atomic E-state index is -0.672. The molecule has 0 saturated carbocycles. The Morgan fingerprint density at radius 3 is 2.39 bits per heavy atom. The molecule has 0 radical (unpaired) electrons. The first-order valence-electron chi connectivity index (χ1n) is 16.1. The summed E-state index contributed by atoms with van der Waals surface area (Å²) in [6.07, 6.45) is 4.68. The minimum Gasteiger partial charge on any atom is -0.494 e. The Labute approximate surface area is 298 Å². The third-order valence-corrected chi connectivity index (χ3v) is 8.27. The van der Waals surface area contributed by atoms with Gasteiger partial charge in [-0.05, 0) is 57.9 Å². The molecule has 16 heteroatoms. The van der Waals surface area contributed by atoms with Gasteiger partial charge in [-0.3, -0.25) is 19.2 Å². The third kappa shape index (κ3) is 9.75. The van der Waals surface area contributed by atoms with Crippen LogP contribution in [0.2, 0.25) is 0 Å². The lowest BCUT2D eigenvalue weighted by Crippen LogP contribution is -2.24. The molecule has 4 rings (SSSR count). The van der Waals surface area contributed by atoms with E-state index in [2.05, 4.69) is 15.3 Å². The molecular weight excluding hydrogens is 678 g/mol. The number of methoxy groups -OCH3 is 1. The number of allylic oxidation sites excluding steroid dienone is 1. The van der Waals surface area contributed by atoms with Crippen LogP contribution in [-0.2, 0) is 22.5 Å². The van der Waals surface area contributed by atoms with E-state index >= 15 is 0 Å². The van der Waals surface area contributed by atoms with E-state index in [-0.39, 0.29) is 54.7 Å². The molecule has 0 aliphatic rings. The van der Waals surface area contributed by atoms with Gasteiger partial charge >= 0.3 is 11.9 Å². The number of anilines is 2. The van der Waals surface area contributed by atoms with Crippen LogP contribution in [0.1, 0.15) is 83.4 Å². The van der Waals surface area contributed by atoms with Crippen LogP contribution in [0.3, 0.4) is 0 Å². The zero-order chi connectivity index (χ0) is 37.5. The molecular formula is C35H43N7O8S. The van der Waals surface area contributed by atoms with E-state index in [0.717, 1.165) is 0 Å². The van der Waals surface area contributed by atoms with Gasteiger partial charge in [0.05, 0.1) is 29.8 Å². The molecule has 0 aliphatic carbocycles. The number of aryl methyl sites for hydroxylation is 2. The third-order valence-electron chi connectivity index (χ3n) is 7.25. The van der Waals surface area contributed by atoms with E-state index in [1.165, 1.54) is 36.6 Å². The number of rotatable bonds is 15. The van der Waals surface area contributed by atoms with Crippen LogP contribution in [-0.4, -0.2) is 59.1 Å². The molecule has 3 amide bonds. The van der Waals surface area contributed by atoms with E-state index in [9.17, 15) is 19.2 Å². The summed E-state index contributed by atoms with van der Waals surface area (Å²) in [5.74, 6) is -1.16. The predicted octanol–water partition coefficient (Wildman–Crippen LogP) is 4.26. The van der Waals surface area contributed by atoms with Crippen LogP contribution >= 0.6 is 11.3 Å². The summed E-state index contributed by atoms with van der Waals surface area (Å²) < 4.78 is 24.9. The number of oxazole rings is 1. The van der Waals surface area contributed by atoms with Gasteiger partial charge in [-0.15, -0.1) is 0 Å². The van der Waals surface area contributed by atoms with E-state index in [1.54, 1.807) is 38.3 Å². The van der Waals surface area contributed by atoms with Crippen molar-refractivity contribution in [3.63, 3.8) is 0 Å². The number of amides is 3. The van der Waals surface area contributed by atoms with Crippen molar-refractivity contribution in [2.24, 2.45) is 16.5 Å². The van der Waals surface area contributed by atoms with E-state index < -0.39 is 23.3 Å². The summed E-state index contributed by atoms with van der Waals surface area (Å²) in [4.78, 5) is 58.4. The minimum absolute atomic E-state index is 0.0614. The molecule has 0 saturated heterocycles. The summed E-state index contributed by atoms with van der Waals surface area (Å²) in [6, 6.07) is 6.10. The lowest BCUT2D eigenvalue weighted by atomic mass is 10.1. The summed E-state index contributed by atoms with van der Waals surface area (Å²) in [5, 5.41) is 3.21. The van der Waals surface area contributed by atoms with Gasteiger partial charge in [-0.25, -0.2) is 4.98 Å². The lowest BCUT2D eigenvalue weighted by molar-refractivity contribution is -0.155. The number of carbonyl (C=O) groups excluding carboxylic acids is 4. The number of nitrogens with one attached hydrogen (secondary N) is 1. The van der Waals surface area contributed by atoms with Crippen LogP contribution in [0.4, 0.5) is 11.4 Å². The second-order valence-corrected chi connectivity index (χ2v) is 13.4. The number of benzene rings is 2. The number of fused-ring (bicyclic) bond motifs is 1. The summed E-state index contributed by atoms with van der Waals surface area (Å²) in [5.41, 5.74) is 19.0. The van der Waals surface area contributed by atoms with Crippen molar-refractivity contribution >= 4 is 56.6 Å². The van der Waals surface area contributed by atoms with Gasteiger partial charge in [0.15, 0.2) is 10.7 Å². The van der Waals surface area contributed by atoms with Crippen molar-refractivity contribution in [2.75, 3.05) is 31.3 Å². The largest absolute Gasteiger partial charge is 0.494 e. The SMILES string of the molecule is CCc1nc(C)oc1C(=O)/N=c1\sc2cc(C(N)=O)cc(OC)c2n1C/C=C/CNc1c(N)cc(C(N)=O)cc1OCCCC(=O)OC(C)(C)C. The van der Waals surface area contributed by atoms with Crippen molar-refractivity contribution in [3.8, 4) is 11.5 Å². The highest BCUT2D eigenvalue weighted by atomic mass is 32.1. The van der Waals surface area contributed by atoms with Gasteiger partial charge in [0.25, 0.3) is 0 Å². The van der Waals surface area contributed by atoms with Crippen LogP contribution in [0.15, 0.2) is 45.8 Å². The summed E-state index contributed by atoms with van der Waals surface area (Å²) in [6.45, 7) is 9.60. The summed E-state index contributed by atoms with van der Waals surface area (Å²) in [7, 11) is 1.47. The molecule has 0 atom stereocenters. The molecule has 51 heavy (non-hydrogen) atoms. The molecule has 4 aromatic rings. The molecule has 7 N–H and O–H groups in total. The number of nitrogen functional groups attached to an aromatic ring is 1. The zero-order valence-corrected chi connectivity index (χ0v) is 30.3. The smallest absolute Gasteiger partial charge is 0.317 e. The highest BCUT2D eigenvalue weighted by molar-refractivity contribution is 7.16. The normalized spacial score (nSPS) is 12.0. The van der Waals surface area contributed by atoms with Crippen molar-refractivity contribution in [2.45, 2.75) is 66.0 Å². The Morgan fingerprint density at radius 1 is 1.06 bits per heavy atom. The average molecular weight is 722 g/mol. The van der Waals surface area contributed by atoms with Crippen LogP contribution in [0.25, 0.3) is 10.2 Å². The fourth-order valence-electron chi connectivity index (χ4n) is 5.04. The maximum Gasteiger partial charge on any atom is 0.317 e. The highest BCUT2D eigenvalue weighted by Crippen LogP contribution is 2.33. The number of ether oxygens (including phenoxy) is 3. The number of aromatic nitrogens is 2. The highest BCUT2D eigenvalue weighted by Gasteiger charge is 2.21. The molecule has 2 heterocycles. The molecule has 2 aromatic carbocycles. The molecule has 272 valence electrons. The van der Waals surface area contributed by atoms with Crippen molar-refractivity contribution in [1.82, 2.24) is 9.55 Å². The lowest BCUT2D eigenvalue weighted by Gasteiger charge is -2.19. The first kappa shape index (κ1) is 38.2. The van der Waals surface area contributed by atoms with Gasteiger partial charge in [-0.1, -0.05) is 30.4 Å². The molecule has 0 bridgehead atoms. The molecule has 0 spiro atoms. The predicted molar refractivity (Wildman–Crippen MR) is 193 cm³/mol. The Bertz CT molecular complexity index is 2050. The first-order chi connectivity index (χ1) is 24.1. The Kier molecular flexibility index (Phi) is 12.3. The number of thiazole rings is 1. The van der Waals surface area contributed by atoms with E-state index in [4.69, 9.17) is 35.8 Å². The maximum atomic E-state index is 13.3. The van der Waals surface area contributed by atoms with Crippen molar-refractivity contribution in [1.29, 1.82) is 0 Å². The molecule has 2 aromatic heterocycles. The van der Waals surface area contributed by atoms with Gasteiger partial charge in [0.1, 0.15) is 28.3 Å². The number of primary amides is 2. The maximum absolute atomic E-state index is 13.3. The second kappa shape index (κ2) is 16.4. The van der Waals surface area contributed by atoms with Gasteiger partial charge in [0, 0.05) is 37.6 Å². The number of hydrogen-bond acceptors (Lipinski definition) is 12. The topological polar surface area (TPSA) is 229 Å². The van der Waals surface area contributed by atoms with Crippen LogP contribution < -0.4 is 36.8 Å². The zero-order valence-electron chi connectivity index (χ0n) is 29.5. The van der Waals surface area contributed by atoms with Gasteiger partial charge in [-0.2, -0.15) is 4.99 Å². The number of hydrogen-bond donors (Lipinski definition) is 4. The van der Waals surface area contributed by atoms with Crippen LogP contribution in [0, 0.1) is 6.92 Å². The Hall–Kier alpha value is -5.64. The van der Waals surface area contributed by atoms with E-state index in [1.807, 2.05) is 19.1 Å². The quantitative estimate of drug-likeness (QED) is 0.0586. The van der Waals surface area contributed by atoms with Gasteiger partial charge in [0.2, 0.25) is 17.6 Å². The number of esters is 1. The Balaban J connectivity index is 1.59. The van der Waals surface area contributed by atoms with Crippen LogP contribution in [0.5, 0.6) is 11.5 Å². The number of nitrogens with zero attached hydrogens (tertiary/aromatic N) is 3. The van der Waals surface area contributed by atoms with Crippen molar-refractivity contribution in [3.05, 3.63) is 69.7 Å². The standard InChI is InChI=1S/C35H43N7O8S/c1-7-23-30(49-19(2)40-23)33(46)41-34-42(29-25(47-6)17-21(32(38)45)18-26(29)51-34)13-9-8-12-39-28-22(36)15-20(31(37)44)16-24(28)48-14-10-11-27(43)50-35(3,4)5/h8-9,15-18,39H,7,10-14,36H2,1-6H3,(H2,37,44)(H2,38,45)/b9-8+,41-34-. The fraction of sp³-hybridized carbons (Fsp3) is 0.371. The molecule has 0 unspecified atom stereocenters. The molecule has 15 nitrogen and oxygen atoms in total. The number of nitrogens with two attached hydrogens (primary N) is 3. The molecule has 0 aliphatic heterocycles. The van der Waals surface area contributed by atoms with Crippen molar-refractivity contribution < 1.29 is 37.8 Å². The van der Waals surface area contributed by atoms with E-state index in [0.29, 0.717) is 56.6 Å². The average Bonchev–Trinajstić information content (AvgIpc) is 3.61. The fourth-order valence-corrected chi connectivity index (χ4v) is 6.13. The Morgan fingerprint density at radius 2 is 1.75 bits per heavy atom. The monoisotopic (exact) mass is 721 g/mol. The number of carbonyl (C=O) groups is 4.